The Morgan fingerprint density at radius 3 is 2.45 bits per heavy atom. The van der Waals surface area contributed by atoms with Crippen LogP contribution in [0.5, 0.6) is 0 Å². The molecule has 10 heteroatoms. The van der Waals surface area contributed by atoms with Crippen molar-refractivity contribution in [3.05, 3.63) is 70.0 Å². The predicted octanol–water partition coefficient (Wildman–Crippen LogP) is 3.75. The monoisotopic (exact) mass is 491 g/mol. The highest BCUT2D eigenvalue weighted by atomic mass is 79.9. The van der Waals surface area contributed by atoms with Crippen LogP contribution in [-0.4, -0.2) is 40.5 Å². The summed E-state index contributed by atoms with van der Waals surface area (Å²) in [6.45, 7) is 2.07. The van der Waals surface area contributed by atoms with Gasteiger partial charge in [-0.15, -0.1) is 10.2 Å². The molecule has 1 atom stereocenters. The molecule has 7 nitrogen and oxygen atoms in total. The van der Waals surface area contributed by atoms with Crippen molar-refractivity contribution in [2.75, 3.05) is 11.0 Å². The third-order valence-electron chi connectivity index (χ3n) is 4.31. The highest BCUT2D eigenvalue weighted by Crippen LogP contribution is 2.31. The van der Waals surface area contributed by atoms with E-state index in [0.29, 0.717) is 12.1 Å². The lowest BCUT2D eigenvalue weighted by Gasteiger charge is -2.20. The molecule has 2 aromatic carbocycles. The topological polar surface area (TPSA) is 89.2 Å². The number of hydrogen-bond acceptors (Lipinski definition) is 6. The van der Waals surface area contributed by atoms with Gasteiger partial charge in [-0.05, 0) is 42.3 Å². The largest absolute Gasteiger partial charge is 0.284 e. The number of nitrogens with zero attached hydrogens (tertiary/aromatic N) is 4. The van der Waals surface area contributed by atoms with Crippen molar-refractivity contribution in [1.82, 2.24) is 14.9 Å². The third kappa shape index (κ3) is 4.71. The van der Waals surface area contributed by atoms with Crippen LogP contribution in [-0.2, 0) is 16.4 Å². The average molecular weight is 492 g/mol. The first kappa shape index (κ1) is 20.1. The third-order valence-corrected chi connectivity index (χ3v) is 6.49. The zero-order valence-electron chi connectivity index (χ0n) is 15.7. The van der Waals surface area contributed by atoms with Crippen molar-refractivity contribution >= 4 is 49.1 Å². The molecule has 4 rings (SSSR count). The number of rotatable bonds is 5. The molecule has 0 saturated carbocycles. The van der Waals surface area contributed by atoms with E-state index in [-0.39, 0.29) is 5.25 Å². The molecule has 0 bridgehead atoms. The number of aromatic nitrogens is 3. The fourth-order valence-corrected chi connectivity index (χ4v) is 4.76. The van der Waals surface area contributed by atoms with Crippen molar-refractivity contribution in [3.8, 4) is 0 Å². The minimum atomic E-state index is -3.30. The van der Waals surface area contributed by atoms with Crippen LogP contribution in [0.1, 0.15) is 23.9 Å². The number of sulfonamides is 1. The Morgan fingerprint density at radius 1 is 1.10 bits per heavy atom. The molecule has 0 radical (unpaired) electrons. The van der Waals surface area contributed by atoms with E-state index in [1.165, 1.54) is 0 Å². The van der Waals surface area contributed by atoms with Gasteiger partial charge in [0.2, 0.25) is 15.2 Å². The summed E-state index contributed by atoms with van der Waals surface area (Å²) in [5.41, 5.74) is 3.47. The van der Waals surface area contributed by atoms with Crippen LogP contribution in [0.15, 0.2) is 63.3 Å². The number of halogens is 1. The predicted molar refractivity (Wildman–Crippen MR) is 119 cm³/mol. The lowest BCUT2D eigenvalue weighted by Crippen LogP contribution is -2.22. The molecule has 0 fully saturated rings. The van der Waals surface area contributed by atoms with Gasteiger partial charge in [-0.1, -0.05) is 52.0 Å². The number of nitrogens with one attached hydrogen (secondary N) is 1. The Morgan fingerprint density at radius 2 is 1.79 bits per heavy atom. The van der Waals surface area contributed by atoms with E-state index in [1.54, 1.807) is 28.6 Å². The number of thioether (sulfide) groups is 1. The SMILES string of the molecule is CC1Sc2nnc(Cc3ccc(Br)cc3)n2N=C1c1ccc(NS(C)(=O)=O)cc1. The van der Waals surface area contributed by atoms with Gasteiger partial charge in [-0.25, -0.2) is 8.42 Å². The number of fused-ring (bicyclic) bond motifs is 1. The van der Waals surface area contributed by atoms with E-state index in [2.05, 4.69) is 37.8 Å². The highest BCUT2D eigenvalue weighted by molar-refractivity contribution is 9.10. The van der Waals surface area contributed by atoms with Crippen LogP contribution in [0.2, 0.25) is 0 Å². The van der Waals surface area contributed by atoms with E-state index in [0.717, 1.165) is 38.5 Å². The first-order valence-corrected chi connectivity index (χ1v) is 12.4. The number of hydrogen-bond donors (Lipinski definition) is 1. The van der Waals surface area contributed by atoms with E-state index in [4.69, 9.17) is 5.10 Å². The molecule has 0 spiro atoms. The Hall–Kier alpha value is -2.17. The van der Waals surface area contributed by atoms with Crippen molar-refractivity contribution < 1.29 is 8.42 Å². The molecule has 0 amide bonds. The molecule has 0 saturated heterocycles. The maximum atomic E-state index is 11.4. The summed E-state index contributed by atoms with van der Waals surface area (Å²) in [5.74, 6) is 0.773. The number of anilines is 1. The van der Waals surface area contributed by atoms with E-state index in [9.17, 15) is 8.42 Å². The van der Waals surface area contributed by atoms with Gasteiger partial charge in [0.25, 0.3) is 0 Å². The lowest BCUT2D eigenvalue weighted by atomic mass is 10.1. The Bertz CT molecular complexity index is 1170. The van der Waals surface area contributed by atoms with Crippen LogP contribution in [0, 0.1) is 0 Å². The van der Waals surface area contributed by atoms with Gasteiger partial charge in [-0.3, -0.25) is 4.72 Å². The fourth-order valence-electron chi connectivity index (χ4n) is 2.98. The van der Waals surface area contributed by atoms with E-state index < -0.39 is 10.0 Å². The minimum Gasteiger partial charge on any atom is -0.284 e. The second kappa shape index (κ2) is 7.92. The van der Waals surface area contributed by atoms with Crippen LogP contribution >= 0.6 is 27.7 Å². The normalized spacial score (nSPS) is 16.2. The summed E-state index contributed by atoms with van der Waals surface area (Å²) in [7, 11) is -3.30. The zero-order chi connectivity index (χ0) is 20.6. The molecule has 3 aromatic rings. The van der Waals surface area contributed by atoms with Crippen molar-refractivity contribution in [3.63, 3.8) is 0 Å². The molecule has 1 aromatic heterocycles. The summed E-state index contributed by atoms with van der Waals surface area (Å²) in [6, 6.07) is 15.3. The standard InChI is InChI=1S/C19H18BrN5O2S2/c1-12-18(14-5-9-16(10-6-14)24-29(2,26)27)23-25-17(21-22-19(25)28-12)11-13-3-7-15(20)8-4-13/h3-10,12,24H,11H2,1-2H3. The van der Waals surface area contributed by atoms with Crippen LogP contribution in [0.4, 0.5) is 5.69 Å². The molecular weight excluding hydrogens is 474 g/mol. The first-order chi connectivity index (χ1) is 13.8. The molecule has 1 N–H and O–H groups in total. The zero-order valence-corrected chi connectivity index (χ0v) is 18.9. The van der Waals surface area contributed by atoms with Crippen LogP contribution in [0.25, 0.3) is 0 Å². The van der Waals surface area contributed by atoms with E-state index in [1.807, 2.05) is 36.4 Å². The fraction of sp³-hybridized carbons (Fsp3) is 0.211. The van der Waals surface area contributed by atoms with Gasteiger partial charge in [0.15, 0.2) is 5.82 Å². The Labute approximate surface area is 181 Å². The van der Waals surface area contributed by atoms with E-state index >= 15 is 0 Å². The maximum Gasteiger partial charge on any atom is 0.229 e. The minimum absolute atomic E-state index is 0.0981. The summed E-state index contributed by atoms with van der Waals surface area (Å²) in [5, 5.41) is 14.3. The first-order valence-electron chi connectivity index (χ1n) is 8.81. The van der Waals surface area contributed by atoms with Crippen molar-refractivity contribution in [2.45, 2.75) is 23.8 Å². The quantitative estimate of drug-likeness (QED) is 0.586. The van der Waals surface area contributed by atoms with Gasteiger partial charge in [0.05, 0.1) is 17.2 Å². The van der Waals surface area contributed by atoms with Gasteiger partial charge >= 0.3 is 0 Å². The number of benzene rings is 2. The summed E-state index contributed by atoms with van der Waals surface area (Å²) >= 11 is 5.05. The summed E-state index contributed by atoms with van der Waals surface area (Å²) in [4.78, 5) is 0. The lowest BCUT2D eigenvalue weighted by molar-refractivity contribution is 0.607. The molecule has 29 heavy (non-hydrogen) atoms. The molecule has 1 unspecified atom stereocenters. The Kier molecular flexibility index (Phi) is 5.50. The van der Waals surface area contributed by atoms with Gasteiger partial charge in [0.1, 0.15) is 0 Å². The van der Waals surface area contributed by atoms with Crippen LogP contribution < -0.4 is 4.72 Å². The maximum absolute atomic E-state index is 11.4. The van der Waals surface area contributed by atoms with Crippen molar-refractivity contribution in [1.29, 1.82) is 0 Å². The second-order valence-corrected chi connectivity index (χ2v) is 10.7. The molecule has 0 aliphatic carbocycles. The van der Waals surface area contributed by atoms with Gasteiger partial charge < -0.3 is 0 Å². The highest BCUT2D eigenvalue weighted by Gasteiger charge is 2.25. The summed E-state index contributed by atoms with van der Waals surface area (Å²) < 4.78 is 28.1. The molecular formula is C19H18BrN5O2S2. The Balaban J connectivity index is 1.63. The second-order valence-electron chi connectivity index (χ2n) is 6.71. The smallest absolute Gasteiger partial charge is 0.229 e. The van der Waals surface area contributed by atoms with Crippen LogP contribution in [0.3, 0.4) is 0 Å². The molecule has 150 valence electrons. The van der Waals surface area contributed by atoms with Crippen molar-refractivity contribution in [2.24, 2.45) is 5.10 Å². The molecule has 2 heterocycles. The summed E-state index contributed by atoms with van der Waals surface area (Å²) in [6.07, 6.45) is 1.76. The molecule has 1 aliphatic rings. The molecule has 1 aliphatic heterocycles. The average Bonchev–Trinajstić information content (AvgIpc) is 3.04. The van der Waals surface area contributed by atoms with Gasteiger partial charge in [0, 0.05) is 16.6 Å². The van der Waals surface area contributed by atoms with Gasteiger partial charge in [-0.2, -0.15) is 9.78 Å².